The molecule has 1 unspecified atom stereocenters. The van der Waals surface area contributed by atoms with Gasteiger partial charge in [-0.2, -0.15) is 0 Å². The molecule has 1 heterocycles. The Morgan fingerprint density at radius 3 is 2.72 bits per heavy atom. The lowest BCUT2D eigenvalue weighted by atomic mass is 10.0. The molecule has 0 aliphatic heterocycles. The van der Waals surface area contributed by atoms with Crippen LogP contribution in [0.2, 0.25) is 0 Å². The molecule has 1 N–H and O–H groups in total. The molecule has 2 aromatic rings. The normalized spacial score (nSPS) is 12.3. The first-order valence-electron chi connectivity index (χ1n) is 6.23. The third kappa shape index (κ3) is 3.12. The van der Waals surface area contributed by atoms with E-state index in [1.54, 1.807) is 18.4 Å². The lowest BCUT2D eigenvalue weighted by Crippen LogP contribution is -2.20. The molecular formula is C15H19NOS. The minimum Gasteiger partial charge on any atom is -0.496 e. The van der Waals surface area contributed by atoms with Crippen LogP contribution in [0.15, 0.2) is 41.8 Å². The Kier molecular flexibility index (Phi) is 4.79. The van der Waals surface area contributed by atoms with E-state index in [0.29, 0.717) is 6.04 Å². The van der Waals surface area contributed by atoms with Crippen LogP contribution in [0.1, 0.15) is 29.8 Å². The lowest BCUT2D eigenvalue weighted by Gasteiger charge is -2.19. The predicted octanol–water partition coefficient (Wildman–Crippen LogP) is 4.00. The fraction of sp³-hybridized carbons (Fsp3) is 0.333. The highest BCUT2D eigenvalue weighted by Crippen LogP contribution is 2.27. The van der Waals surface area contributed by atoms with Gasteiger partial charge in [0.05, 0.1) is 7.11 Å². The van der Waals surface area contributed by atoms with Gasteiger partial charge in [-0.15, -0.1) is 11.3 Å². The van der Waals surface area contributed by atoms with Gasteiger partial charge >= 0.3 is 0 Å². The van der Waals surface area contributed by atoms with Crippen molar-refractivity contribution in [2.75, 3.05) is 7.11 Å². The number of rotatable bonds is 6. The van der Waals surface area contributed by atoms with Crippen molar-refractivity contribution in [3.63, 3.8) is 0 Å². The average molecular weight is 261 g/mol. The summed E-state index contributed by atoms with van der Waals surface area (Å²) in [5, 5.41) is 5.71. The molecule has 0 radical (unpaired) electrons. The van der Waals surface area contributed by atoms with E-state index >= 15 is 0 Å². The fourth-order valence-electron chi connectivity index (χ4n) is 2.07. The number of hydrogen-bond acceptors (Lipinski definition) is 3. The summed E-state index contributed by atoms with van der Waals surface area (Å²) in [4.78, 5) is 1.36. The summed E-state index contributed by atoms with van der Waals surface area (Å²) >= 11 is 1.79. The maximum Gasteiger partial charge on any atom is 0.123 e. The highest BCUT2D eigenvalue weighted by molar-refractivity contribution is 7.09. The van der Waals surface area contributed by atoms with E-state index < -0.39 is 0 Å². The molecule has 0 amide bonds. The zero-order valence-corrected chi connectivity index (χ0v) is 11.7. The van der Waals surface area contributed by atoms with E-state index in [1.807, 2.05) is 12.1 Å². The Hall–Kier alpha value is -1.32. The number of thiophene rings is 1. The number of hydrogen-bond donors (Lipinski definition) is 1. The summed E-state index contributed by atoms with van der Waals surface area (Å²) in [6.07, 6.45) is 1.05. The number of ether oxygens (including phenoxy) is 1. The second-order valence-corrected chi connectivity index (χ2v) is 5.20. The second kappa shape index (κ2) is 6.57. The number of para-hydroxylation sites is 1. The Bertz CT molecular complexity index is 467. The highest BCUT2D eigenvalue weighted by atomic mass is 32.1. The monoisotopic (exact) mass is 261 g/mol. The van der Waals surface area contributed by atoms with Gasteiger partial charge in [0.1, 0.15) is 5.75 Å². The molecule has 3 heteroatoms. The first kappa shape index (κ1) is 13.1. The van der Waals surface area contributed by atoms with Crippen molar-refractivity contribution in [1.29, 1.82) is 0 Å². The van der Waals surface area contributed by atoms with Gasteiger partial charge in [-0.3, -0.25) is 0 Å². The quantitative estimate of drug-likeness (QED) is 0.848. The predicted molar refractivity (Wildman–Crippen MR) is 77.2 cm³/mol. The van der Waals surface area contributed by atoms with Crippen molar-refractivity contribution in [3.05, 3.63) is 52.2 Å². The van der Waals surface area contributed by atoms with Crippen molar-refractivity contribution < 1.29 is 4.74 Å². The fourth-order valence-corrected chi connectivity index (χ4v) is 2.72. The molecule has 0 aliphatic rings. The molecule has 0 saturated heterocycles. The third-order valence-electron chi connectivity index (χ3n) is 3.03. The first-order chi connectivity index (χ1) is 8.85. The van der Waals surface area contributed by atoms with Crippen LogP contribution in [0.25, 0.3) is 0 Å². The Morgan fingerprint density at radius 2 is 2.06 bits per heavy atom. The van der Waals surface area contributed by atoms with E-state index in [9.17, 15) is 0 Å². The number of benzene rings is 1. The summed E-state index contributed by atoms with van der Waals surface area (Å²) in [6.45, 7) is 3.10. The summed E-state index contributed by atoms with van der Waals surface area (Å²) in [5.74, 6) is 0.961. The van der Waals surface area contributed by atoms with Gasteiger partial charge in [0.25, 0.3) is 0 Å². The highest BCUT2D eigenvalue weighted by Gasteiger charge is 2.13. The van der Waals surface area contributed by atoms with Crippen molar-refractivity contribution in [2.45, 2.75) is 25.9 Å². The summed E-state index contributed by atoms with van der Waals surface area (Å²) in [7, 11) is 1.73. The minimum absolute atomic E-state index is 0.336. The maximum atomic E-state index is 5.43. The standard InChI is InChI=1S/C15H19NOS/c1-3-14(16-11-12-7-6-10-18-12)13-8-4-5-9-15(13)17-2/h4-10,14,16H,3,11H2,1-2H3. The number of nitrogens with one attached hydrogen (secondary N) is 1. The zero-order valence-electron chi connectivity index (χ0n) is 10.8. The molecule has 0 saturated carbocycles. The molecule has 0 spiro atoms. The van der Waals surface area contributed by atoms with Gasteiger partial charge < -0.3 is 10.1 Å². The van der Waals surface area contributed by atoms with Crippen molar-refractivity contribution >= 4 is 11.3 Å². The Morgan fingerprint density at radius 1 is 1.22 bits per heavy atom. The van der Waals surface area contributed by atoms with E-state index in [-0.39, 0.29) is 0 Å². The van der Waals surface area contributed by atoms with E-state index in [1.165, 1.54) is 10.4 Å². The van der Waals surface area contributed by atoms with Crippen molar-refractivity contribution in [2.24, 2.45) is 0 Å². The van der Waals surface area contributed by atoms with E-state index in [0.717, 1.165) is 18.7 Å². The molecule has 1 aromatic carbocycles. The Balaban J connectivity index is 2.08. The van der Waals surface area contributed by atoms with Gasteiger partial charge in [-0.25, -0.2) is 0 Å². The summed E-state index contributed by atoms with van der Waals surface area (Å²) < 4.78 is 5.43. The number of methoxy groups -OCH3 is 1. The minimum atomic E-state index is 0.336. The topological polar surface area (TPSA) is 21.3 Å². The molecule has 0 fully saturated rings. The zero-order chi connectivity index (χ0) is 12.8. The van der Waals surface area contributed by atoms with Crippen molar-refractivity contribution in [1.82, 2.24) is 5.32 Å². The maximum absolute atomic E-state index is 5.43. The van der Waals surface area contributed by atoms with Gasteiger partial charge in [0, 0.05) is 23.0 Å². The van der Waals surface area contributed by atoms with Crippen molar-refractivity contribution in [3.8, 4) is 5.75 Å². The van der Waals surface area contributed by atoms with Crippen LogP contribution in [0.5, 0.6) is 5.75 Å². The molecule has 96 valence electrons. The van der Waals surface area contributed by atoms with E-state index in [4.69, 9.17) is 4.74 Å². The van der Waals surface area contributed by atoms with Crippen LogP contribution in [-0.2, 0) is 6.54 Å². The van der Waals surface area contributed by atoms with Crippen LogP contribution in [0.3, 0.4) is 0 Å². The average Bonchev–Trinajstić information content (AvgIpc) is 2.93. The molecule has 2 rings (SSSR count). The van der Waals surface area contributed by atoms with Gasteiger partial charge in [0.2, 0.25) is 0 Å². The molecule has 0 aliphatic carbocycles. The van der Waals surface area contributed by atoms with Gasteiger partial charge in [-0.05, 0) is 23.9 Å². The smallest absolute Gasteiger partial charge is 0.123 e. The summed E-state index contributed by atoms with van der Waals surface area (Å²) in [5.41, 5.74) is 1.24. The molecule has 18 heavy (non-hydrogen) atoms. The van der Waals surface area contributed by atoms with Gasteiger partial charge in [0.15, 0.2) is 0 Å². The van der Waals surface area contributed by atoms with Crippen LogP contribution in [-0.4, -0.2) is 7.11 Å². The van der Waals surface area contributed by atoms with Crippen LogP contribution < -0.4 is 10.1 Å². The molecule has 1 aromatic heterocycles. The SMILES string of the molecule is CCC(NCc1cccs1)c1ccccc1OC. The van der Waals surface area contributed by atoms with Gasteiger partial charge in [-0.1, -0.05) is 31.2 Å². The molecule has 0 bridgehead atoms. The molecule has 2 nitrogen and oxygen atoms in total. The van der Waals surface area contributed by atoms with E-state index in [2.05, 4.69) is 41.9 Å². The molecular weight excluding hydrogens is 242 g/mol. The van der Waals surface area contributed by atoms with Crippen LogP contribution >= 0.6 is 11.3 Å². The largest absolute Gasteiger partial charge is 0.496 e. The van der Waals surface area contributed by atoms with Crippen LogP contribution in [0.4, 0.5) is 0 Å². The van der Waals surface area contributed by atoms with Crippen LogP contribution in [0, 0.1) is 0 Å². The first-order valence-corrected chi connectivity index (χ1v) is 7.11. The Labute approximate surface area is 113 Å². The lowest BCUT2D eigenvalue weighted by molar-refractivity contribution is 0.397. The summed E-state index contributed by atoms with van der Waals surface area (Å²) in [6, 6.07) is 12.8. The second-order valence-electron chi connectivity index (χ2n) is 4.16. The third-order valence-corrected chi connectivity index (χ3v) is 3.90. The molecule has 1 atom stereocenters.